The lowest BCUT2D eigenvalue weighted by Gasteiger charge is -2.27. The Morgan fingerprint density at radius 1 is 0.682 bits per heavy atom. The Morgan fingerprint density at radius 3 is 1.68 bits per heavy atom. The summed E-state index contributed by atoms with van der Waals surface area (Å²) in [5, 5.41) is 10.1. The van der Waals surface area contributed by atoms with E-state index in [1.54, 1.807) is 59.8 Å². The van der Waals surface area contributed by atoms with Crippen LogP contribution in [0.25, 0.3) is 0 Å². The number of hydrogen-bond acceptors (Lipinski definition) is 5. The molecule has 0 aliphatic carbocycles. The van der Waals surface area contributed by atoms with Gasteiger partial charge in [-0.05, 0) is 79.3 Å². The molecule has 228 valence electrons. The normalized spacial score (nSPS) is 19.1. The van der Waals surface area contributed by atoms with Crippen molar-refractivity contribution in [3.05, 3.63) is 131 Å². The highest BCUT2D eigenvalue weighted by atomic mass is 31.2. The van der Waals surface area contributed by atoms with Crippen LogP contribution >= 0.6 is 8.45 Å². The highest BCUT2D eigenvalue weighted by Crippen LogP contribution is 2.64. The molecule has 1 heterocycles. The van der Waals surface area contributed by atoms with Crippen LogP contribution in [0.4, 0.5) is 26.3 Å². The Labute approximate surface area is 251 Å². The zero-order chi connectivity index (χ0) is 31.6. The first-order valence-electron chi connectivity index (χ1n) is 13.4. The number of nitriles is 1. The zero-order valence-electron chi connectivity index (χ0n) is 23.4. The van der Waals surface area contributed by atoms with E-state index in [1.807, 2.05) is 18.2 Å². The molecular weight excluding hydrogens is 603 g/mol. The molecule has 0 aromatic heterocycles. The number of likely N-dealkylation sites (N-methyl/N-ethyl adjacent to an activating group) is 2. The summed E-state index contributed by atoms with van der Waals surface area (Å²) in [6.45, 7) is 0. The number of halogens is 6. The van der Waals surface area contributed by atoms with Gasteiger partial charge in [-0.25, -0.2) is 9.34 Å². The molecule has 0 bridgehead atoms. The van der Waals surface area contributed by atoms with Crippen molar-refractivity contribution in [2.75, 3.05) is 14.1 Å². The largest absolute Gasteiger partial charge is 0.457 e. The summed E-state index contributed by atoms with van der Waals surface area (Å²) in [5.41, 5.74) is -0.787. The third kappa shape index (κ3) is 6.74. The first kappa shape index (κ1) is 31.5. The molecule has 5 nitrogen and oxygen atoms in total. The van der Waals surface area contributed by atoms with Gasteiger partial charge in [-0.1, -0.05) is 54.6 Å². The fourth-order valence-electron chi connectivity index (χ4n) is 5.21. The topological polar surface area (TPSA) is 48.7 Å². The number of rotatable bonds is 7. The summed E-state index contributed by atoms with van der Waals surface area (Å²) in [6.07, 6.45) is -10.4. The summed E-state index contributed by atoms with van der Waals surface area (Å²) < 4.78 is 97.6. The lowest BCUT2D eigenvalue weighted by atomic mass is 9.91. The maximum Gasteiger partial charge on any atom is 0.416 e. The molecule has 1 saturated heterocycles. The van der Waals surface area contributed by atoms with Crippen molar-refractivity contribution in [1.29, 1.82) is 5.26 Å². The maximum atomic E-state index is 13.7. The Balaban J connectivity index is 1.51. The van der Waals surface area contributed by atoms with E-state index >= 15 is 0 Å². The predicted molar refractivity (Wildman–Crippen MR) is 153 cm³/mol. The minimum Gasteiger partial charge on any atom is -0.457 e. The zero-order valence-corrected chi connectivity index (χ0v) is 24.3. The smallest absolute Gasteiger partial charge is 0.416 e. The van der Waals surface area contributed by atoms with Crippen LogP contribution in [0.2, 0.25) is 0 Å². The van der Waals surface area contributed by atoms with Crippen LogP contribution < -0.4 is 4.74 Å². The molecule has 4 aromatic rings. The molecule has 0 radical (unpaired) electrons. The van der Waals surface area contributed by atoms with E-state index in [2.05, 4.69) is 6.07 Å². The number of nitrogens with zero attached hydrogens (tertiary/aromatic N) is 3. The van der Waals surface area contributed by atoms with Crippen LogP contribution in [0.3, 0.4) is 0 Å². The van der Waals surface area contributed by atoms with Crippen molar-refractivity contribution < 1.29 is 35.6 Å². The Hall–Kier alpha value is -3.94. The van der Waals surface area contributed by atoms with E-state index in [4.69, 9.17) is 9.26 Å². The number of hydrogen-bond donors (Lipinski definition) is 0. The van der Waals surface area contributed by atoms with Crippen LogP contribution in [-0.4, -0.2) is 23.4 Å². The van der Waals surface area contributed by atoms with Crippen molar-refractivity contribution in [3.63, 3.8) is 0 Å². The minimum absolute atomic E-state index is 0.247. The number of alkyl halides is 6. The molecular formula is C32H26F6N3O2P. The Morgan fingerprint density at radius 2 is 1.18 bits per heavy atom. The lowest BCUT2D eigenvalue weighted by molar-refractivity contribution is -0.138. The average Bonchev–Trinajstić information content (AvgIpc) is 3.24. The number of ether oxygens (including phenoxy) is 1. The second-order valence-corrected chi connectivity index (χ2v) is 12.1. The fourth-order valence-corrected chi connectivity index (χ4v) is 7.25. The van der Waals surface area contributed by atoms with Gasteiger partial charge in [0.2, 0.25) is 0 Å². The lowest BCUT2D eigenvalue weighted by Crippen LogP contribution is -2.22. The van der Waals surface area contributed by atoms with Gasteiger partial charge < -0.3 is 9.26 Å². The molecule has 4 aromatic carbocycles. The second kappa shape index (κ2) is 12.6. The molecule has 3 atom stereocenters. The fraction of sp³-hybridized carbons (Fsp3) is 0.219. The molecule has 1 aliphatic rings. The van der Waals surface area contributed by atoms with Crippen molar-refractivity contribution in [2.24, 2.45) is 0 Å². The monoisotopic (exact) mass is 629 g/mol. The van der Waals surface area contributed by atoms with Crippen LogP contribution in [0, 0.1) is 11.3 Å². The molecule has 0 unspecified atom stereocenters. The van der Waals surface area contributed by atoms with Crippen LogP contribution in [0.5, 0.6) is 11.5 Å². The SMILES string of the molecule is CN1[C@@H](c2cccc(C(F)(F)F)c2)[C@H](c2cccc(C(F)(F)F)c2)N(C)P1O[C@H](C#N)c1cccc(Oc2ccccc2)c1. The highest BCUT2D eigenvalue weighted by Gasteiger charge is 2.48. The molecule has 1 aliphatic heterocycles. The molecule has 5 rings (SSSR count). The van der Waals surface area contributed by atoms with E-state index in [0.717, 1.165) is 24.3 Å². The van der Waals surface area contributed by atoms with Crippen LogP contribution in [-0.2, 0) is 16.9 Å². The van der Waals surface area contributed by atoms with E-state index in [0.29, 0.717) is 17.1 Å². The summed E-state index contributed by atoms with van der Waals surface area (Å²) in [5.74, 6) is 1.05. The van der Waals surface area contributed by atoms with Gasteiger partial charge in [-0.2, -0.15) is 31.6 Å². The molecule has 44 heavy (non-hydrogen) atoms. The standard InChI is InChI=1S/C32H26F6N3O2P/c1-40-29(22-10-6-12-24(17-22)31(33,34)35)30(23-11-7-13-25(18-23)32(36,37)38)41(2)44(40)43-28(20-39)21-9-8-16-27(19-21)42-26-14-4-3-5-15-26/h3-19,28-30H,1-2H3/t28-,29+,30+/m1/s1. The molecule has 0 spiro atoms. The van der Waals surface area contributed by atoms with Gasteiger partial charge >= 0.3 is 12.4 Å². The second-order valence-electron chi connectivity index (χ2n) is 10.1. The number of para-hydroxylation sites is 1. The maximum absolute atomic E-state index is 13.7. The van der Waals surface area contributed by atoms with Crippen molar-refractivity contribution in [1.82, 2.24) is 9.34 Å². The third-order valence-corrected chi connectivity index (χ3v) is 9.19. The Bertz CT molecular complexity index is 1570. The predicted octanol–water partition coefficient (Wildman–Crippen LogP) is 9.68. The summed E-state index contributed by atoms with van der Waals surface area (Å²) in [6, 6.07) is 25.7. The van der Waals surface area contributed by atoms with Crippen molar-refractivity contribution >= 4 is 8.45 Å². The van der Waals surface area contributed by atoms with Gasteiger partial charge in [0.25, 0.3) is 0 Å². The van der Waals surface area contributed by atoms with Crippen LogP contribution in [0.1, 0.15) is 46.0 Å². The summed E-state index contributed by atoms with van der Waals surface area (Å²) >= 11 is 0. The highest BCUT2D eigenvalue weighted by molar-refractivity contribution is 7.47. The first-order chi connectivity index (χ1) is 20.9. The van der Waals surface area contributed by atoms with Gasteiger partial charge in [-0.3, -0.25) is 0 Å². The van der Waals surface area contributed by atoms with Gasteiger partial charge in [-0.15, -0.1) is 0 Å². The van der Waals surface area contributed by atoms with Gasteiger partial charge in [0.15, 0.2) is 14.6 Å². The van der Waals surface area contributed by atoms with Gasteiger partial charge in [0.1, 0.15) is 11.5 Å². The van der Waals surface area contributed by atoms with E-state index in [9.17, 15) is 31.6 Å². The van der Waals surface area contributed by atoms with Crippen molar-refractivity contribution in [3.8, 4) is 17.6 Å². The first-order valence-corrected chi connectivity index (χ1v) is 14.5. The van der Waals surface area contributed by atoms with E-state index in [1.165, 1.54) is 24.3 Å². The molecule has 0 saturated carbocycles. The van der Waals surface area contributed by atoms with Gasteiger partial charge in [0.05, 0.1) is 29.3 Å². The van der Waals surface area contributed by atoms with E-state index in [-0.39, 0.29) is 11.1 Å². The Kier molecular flexibility index (Phi) is 9.00. The van der Waals surface area contributed by atoms with E-state index < -0.39 is 50.1 Å². The molecule has 0 amide bonds. The van der Waals surface area contributed by atoms with Gasteiger partial charge in [0, 0.05) is 0 Å². The minimum atomic E-state index is -4.62. The summed E-state index contributed by atoms with van der Waals surface area (Å²) in [7, 11) is 1.40. The van der Waals surface area contributed by atoms with Crippen LogP contribution in [0.15, 0.2) is 103 Å². The quantitative estimate of drug-likeness (QED) is 0.151. The number of benzene rings is 4. The van der Waals surface area contributed by atoms with Crippen molar-refractivity contribution in [2.45, 2.75) is 30.5 Å². The molecule has 12 heteroatoms. The molecule has 0 N–H and O–H groups in total. The molecule has 1 fully saturated rings. The third-order valence-electron chi connectivity index (χ3n) is 7.21. The average molecular weight is 630 g/mol. The summed E-state index contributed by atoms with van der Waals surface area (Å²) in [4.78, 5) is 0.